The molecule has 4 aromatic heterocycles. The maximum absolute atomic E-state index is 13.9. The monoisotopic (exact) mass is 431 g/mol. The average Bonchev–Trinajstić information content (AvgIpc) is 3.52. The summed E-state index contributed by atoms with van der Waals surface area (Å²) in [5.74, 6) is 0.00396. The standard InChI is InChI=1S/C23H25N7O2/c1-2-10-27-19(14-18-21(27)26-20-5-3-4-11-28(20)22(18)31)23(32)29-15-6-7-16(29)13-17(12-15)30-24-8-9-25-30/h3-5,8-9,11,14-17H,2,6-7,10,12-13H2,1H3. The molecule has 2 saturated heterocycles. The minimum atomic E-state index is -0.138. The van der Waals surface area contributed by atoms with Gasteiger partial charge in [-0.3, -0.25) is 14.0 Å². The first-order valence-corrected chi connectivity index (χ1v) is 11.3. The Balaban J connectivity index is 1.42. The van der Waals surface area contributed by atoms with Gasteiger partial charge in [-0.2, -0.15) is 15.0 Å². The molecule has 6 rings (SSSR count). The number of hydrogen-bond donors (Lipinski definition) is 0. The van der Waals surface area contributed by atoms with Crippen molar-refractivity contribution < 1.29 is 4.79 Å². The van der Waals surface area contributed by atoms with Crippen molar-refractivity contribution in [3.05, 3.63) is 58.9 Å². The van der Waals surface area contributed by atoms with Crippen molar-refractivity contribution in [2.75, 3.05) is 0 Å². The Kier molecular flexibility index (Phi) is 4.38. The van der Waals surface area contributed by atoms with E-state index in [0.717, 1.165) is 32.1 Å². The van der Waals surface area contributed by atoms with Gasteiger partial charge in [-0.1, -0.05) is 13.0 Å². The molecular weight excluding hydrogens is 406 g/mol. The number of aryl methyl sites for hydroxylation is 1. The Morgan fingerprint density at radius 2 is 1.84 bits per heavy atom. The number of nitrogens with zero attached hydrogens (tertiary/aromatic N) is 7. The summed E-state index contributed by atoms with van der Waals surface area (Å²) in [4.78, 5) is 35.6. The van der Waals surface area contributed by atoms with Crippen LogP contribution < -0.4 is 5.56 Å². The first-order chi connectivity index (χ1) is 15.7. The van der Waals surface area contributed by atoms with E-state index in [2.05, 4.69) is 22.0 Å². The van der Waals surface area contributed by atoms with Crippen molar-refractivity contribution >= 4 is 22.6 Å². The SMILES string of the molecule is CCCn1c(C(=O)N2C3CCC2CC(n2nccn2)C3)cc2c(=O)n3ccccc3nc21. The molecule has 2 unspecified atom stereocenters. The van der Waals surface area contributed by atoms with Gasteiger partial charge in [0.25, 0.3) is 11.5 Å². The summed E-state index contributed by atoms with van der Waals surface area (Å²) >= 11 is 0. The summed E-state index contributed by atoms with van der Waals surface area (Å²) in [5.41, 5.74) is 1.61. The van der Waals surface area contributed by atoms with Crippen LogP contribution in [0.15, 0.2) is 47.7 Å². The maximum Gasteiger partial charge on any atom is 0.271 e. The molecular formula is C23H25N7O2. The number of hydrogen-bond acceptors (Lipinski definition) is 5. The highest BCUT2D eigenvalue weighted by atomic mass is 16.2. The van der Waals surface area contributed by atoms with Crippen molar-refractivity contribution in [3.63, 3.8) is 0 Å². The van der Waals surface area contributed by atoms with Crippen LogP contribution in [-0.2, 0) is 6.54 Å². The van der Waals surface area contributed by atoms with E-state index in [0.29, 0.717) is 28.9 Å². The predicted molar refractivity (Wildman–Crippen MR) is 119 cm³/mol. The van der Waals surface area contributed by atoms with Crippen LogP contribution >= 0.6 is 0 Å². The lowest BCUT2D eigenvalue weighted by Crippen LogP contribution is -2.47. The molecule has 2 fully saturated rings. The third kappa shape index (κ3) is 2.80. The van der Waals surface area contributed by atoms with Crippen LogP contribution in [0.1, 0.15) is 55.6 Å². The minimum absolute atomic E-state index is 0.00396. The molecule has 0 saturated carbocycles. The van der Waals surface area contributed by atoms with Crippen LogP contribution in [0.4, 0.5) is 0 Å². The van der Waals surface area contributed by atoms with Gasteiger partial charge < -0.3 is 9.47 Å². The topological polar surface area (TPSA) is 90.3 Å². The van der Waals surface area contributed by atoms with Crippen LogP contribution in [0.2, 0.25) is 0 Å². The summed E-state index contributed by atoms with van der Waals surface area (Å²) in [5, 5.41) is 9.14. The molecule has 2 bridgehead atoms. The number of piperidine rings is 1. The molecule has 2 aliphatic heterocycles. The fourth-order valence-electron chi connectivity index (χ4n) is 5.59. The van der Waals surface area contributed by atoms with Crippen LogP contribution in [0, 0.1) is 0 Å². The number of rotatable bonds is 4. The molecule has 164 valence electrons. The van der Waals surface area contributed by atoms with E-state index in [-0.39, 0.29) is 29.6 Å². The number of carbonyl (C=O) groups is 1. The molecule has 0 aliphatic carbocycles. The highest BCUT2D eigenvalue weighted by molar-refractivity contribution is 5.98. The van der Waals surface area contributed by atoms with Gasteiger partial charge in [0.05, 0.1) is 23.8 Å². The molecule has 2 atom stereocenters. The highest BCUT2D eigenvalue weighted by Crippen LogP contribution is 2.41. The second-order valence-corrected chi connectivity index (χ2v) is 8.84. The molecule has 0 spiro atoms. The highest BCUT2D eigenvalue weighted by Gasteiger charge is 2.45. The van der Waals surface area contributed by atoms with E-state index in [1.807, 2.05) is 22.8 Å². The van der Waals surface area contributed by atoms with Crippen molar-refractivity contribution in [1.82, 2.24) is 33.8 Å². The zero-order chi connectivity index (χ0) is 21.8. The average molecular weight is 432 g/mol. The molecule has 6 heterocycles. The lowest BCUT2D eigenvalue weighted by atomic mass is 9.97. The Morgan fingerprint density at radius 1 is 1.09 bits per heavy atom. The van der Waals surface area contributed by atoms with Crippen molar-refractivity contribution in [2.24, 2.45) is 0 Å². The van der Waals surface area contributed by atoms with E-state index >= 15 is 0 Å². The summed E-state index contributed by atoms with van der Waals surface area (Å²) < 4.78 is 3.48. The quantitative estimate of drug-likeness (QED) is 0.496. The molecule has 0 aromatic carbocycles. The fourth-order valence-corrected chi connectivity index (χ4v) is 5.59. The molecule has 2 aliphatic rings. The largest absolute Gasteiger partial charge is 0.331 e. The van der Waals surface area contributed by atoms with Gasteiger partial charge in [-0.05, 0) is 50.3 Å². The second-order valence-electron chi connectivity index (χ2n) is 8.84. The molecule has 0 radical (unpaired) electrons. The summed E-state index contributed by atoms with van der Waals surface area (Å²) in [6.07, 6.45) is 9.68. The number of pyridine rings is 1. The van der Waals surface area contributed by atoms with Crippen LogP contribution in [0.5, 0.6) is 0 Å². The summed E-state index contributed by atoms with van der Waals surface area (Å²) in [6, 6.07) is 7.81. The summed E-state index contributed by atoms with van der Waals surface area (Å²) in [7, 11) is 0. The van der Waals surface area contributed by atoms with Gasteiger partial charge in [0.2, 0.25) is 0 Å². The lowest BCUT2D eigenvalue weighted by molar-refractivity contribution is 0.0501. The molecule has 9 heteroatoms. The van der Waals surface area contributed by atoms with E-state index < -0.39 is 0 Å². The number of aromatic nitrogens is 6. The molecule has 9 nitrogen and oxygen atoms in total. The Hall–Kier alpha value is -3.49. The van der Waals surface area contributed by atoms with Gasteiger partial charge in [0, 0.05) is 24.8 Å². The predicted octanol–water partition coefficient (Wildman–Crippen LogP) is 2.66. The van der Waals surface area contributed by atoms with E-state index in [1.165, 1.54) is 0 Å². The third-order valence-corrected chi connectivity index (χ3v) is 6.95. The van der Waals surface area contributed by atoms with Crippen molar-refractivity contribution in [2.45, 2.75) is 63.7 Å². The maximum atomic E-state index is 13.9. The third-order valence-electron chi connectivity index (χ3n) is 6.95. The smallest absolute Gasteiger partial charge is 0.271 e. The van der Waals surface area contributed by atoms with Crippen molar-refractivity contribution in [3.8, 4) is 0 Å². The van der Waals surface area contributed by atoms with Crippen molar-refractivity contribution in [1.29, 1.82) is 0 Å². The lowest BCUT2D eigenvalue weighted by Gasteiger charge is -2.38. The van der Waals surface area contributed by atoms with Gasteiger partial charge in [0.1, 0.15) is 17.0 Å². The van der Waals surface area contributed by atoms with E-state index in [1.54, 1.807) is 33.9 Å². The van der Waals surface area contributed by atoms with E-state index in [9.17, 15) is 9.59 Å². The normalized spacial score (nSPS) is 22.8. The zero-order valence-corrected chi connectivity index (χ0v) is 18.0. The first kappa shape index (κ1) is 19.2. The first-order valence-electron chi connectivity index (χ1n) is 11.3. The number of fused-ring (bicyclic) bond motifs is 4. The Bertz CT molecular complexity index is 1360. The molecule has 32 heavy (non-hydrogen) atoms. The minimum Gasteiger partial charge on any atom is -0.331 e. The van der Waals surface area contributed by atoms with Crippen LogP contribution in [0.25, 0.3) is 16.7 Å². The van der Waals surface area contributed by atoms with Gasteiger partial charge in [-0.15, -0.1) is 0 Å². The van der Waals surface area contributed by atoms with Crippen LogP contribution in [-0.4, -0.2) is 51.8 Å². The van der Waals surface area contributed by atoms with Crippen LogP contribution in [0.3, 0.4) is 0 Å². The Morgan fingerprint density at radius 3 is 2.56 bits per heavy atom. The van der Waals surface area contributed by atoms with Gasteiger partial charge >= 0.3 is 0 Å². The van der Waals surface area contributed by atoms with Gasteiger partial charge in [0.15, 0.2) is 0 Å². The molecule has 1 amide bonds. The number of carbonyl (C=O) groups excluding carboxylic acids is 1. The zero-order valence-electron chi connectivity index (χ0n) is 18.0. The molecule has 0 N–H and O–H groups in total. The van der Waals surface area contributed by atoms with E-state index in [4.69, 9.17) is 4.98 Å². The second kappa shape index (κ2) is 7.29. The Labute approximate surface area is 184 Å². The number of amides is 1. The molecule has 4 aromatic rings. The summed E-state index contributed by atoms with van der Waals surface area (Å²) in [6.45, 7) is 2.71. The van der Waals surface area contributed by atoms with Gasteiger partial charge in [-0.25, -0.2) is 4.98 Å². The fraction of sp³-hybridized carbons (Fsp3) is 0.435.